The largest absolute Gasteiger partial charge is 0.496 e. The van der Waals surface area contributed by atoms with Crippen LogP contribution in [0.15, 0.2) is 60.9 Å². The van der Waals surface area contributed by atoms with E-state index in [9.17, 15) is 4.79 Å². The normalized spacial score (nSPS) is 10.9. The highest BCUT2D eigenvalue weighted by Gasteiger charge is 2.25. The maximum absolute atomic E-state index is 13.6. The number of methoxy groups -OCH3 is 1. The Labute approximate surface area is 177 Å². The smallest absolute Gasteiger partial charge is 0.264 e. The zero-order valence-corrected chi connectivity index (χ0v) is 17.5. The van der Waals surface area contributed by atoms with Crippen molar-refractivity contribution in [2.75, 3.05) is 12.0 Å². The minimum absolute atomic E-state index is 0.232. The first-order valence-corrected chi connectivity index (χ1v) is 10.2. The van der Waals surface area contributed by atoms with Crippen molar-refractivity contribution in [3.8, 4) is 5.75 Å². The molecular formula is C22H18ClN3O2S. The van der Waals surface area contributed by atoms with Gasteiger partial charge in [0.1, 0.15) is 5.75 Å². The van der Waals surface area contributed by atoms with E-state index in [0.717, 1.165) is 21.3 Å². The number of carbonyl (C=O) groups excluding carboxylic acids is 1. The molecule has 2 heterocycles. The molecule has 146 valence electrons. The SMILES string of the molecule is COc1ccc(Cl)cc1C(=O)N(Cc1cccnc1)c1nc2ccc(C)cc2s1. The summed E-state index contributed by atoms with van der Waals surface area (Å²) in [6.45, 7) is 2.37. The van der Waals surface area contributed by atoms with E-state index in [1.807, 2.05) is 31.2 Å². The average molecular weight is 424 g/mol. The van der Waals surface area contributed by atoms with Crippen molar-refractivity contribution in [1.29, 1.82) is 0 Å². The number of aryl methyl sites for hydroxylation is 1. The van der Waals surface area contributed by atoms with Crippen molar-refractivity contribution >= 4 is 44.2 Å². The molecule has 0 spiro atoms. The van der Waals surface area contributed by atoms with Crippen LogP contribution in [0.2, 0.25) is 5.02 Å². The van der Waals surface area contributed by atoms with Gasteiger partial charge in [0.2, 0.25) is 0 Å². The number of thiazole rings is 1. The molecule has 0 bridgehead atoms. The van der Waals surface area contributed by atoms with Crippen molar-refractivity contribution in [2.45, 2.75) is 13.5 Å². The number of fused-ring (bicyclic) bond motifs is 1. The van der Waals surface area contributed by atoms with Gasteiger partial charge < -0.3 is 4.74 Å². The Kier molecular flexibility index (Phi) is 5.47. The molecule has 0 aliphatic heterocycles. The Bertz CT molecular complexity index is 1180. The standard InChI is InChI=1S/C22H18ClN3O2S/c1-14-5-7-18-20(10-14)29-22(25-18)26(13-15-4-3-9-24-12-15)21(27)17-11-16(23)6-8-19(17)28-2/h3-12H,13H2,1-2H3. The van der Waals surface area contributed by atoms with E-state index in [-0.39, 0.29) is 5.91 Å². The van der Waals surface area contributed by atoms with Crippen LogP contribution < -0.4 is 9.64 Å². The van der Waals surface area contributed by atoms with Gasteiger partial charge in [-0.15, -0.1) is 0 Å². The van der Waals surface area contributed by atoms with Crippen LogP contribution >= 0.6 is 22.9 Å². The van der Waals surface area contributed by atoms with Crippen LogP contribution in [0.1, 0.15) is 21.5 Å². The number of halogens is 1. The van der Waals surface area contributed by atoms with Gasteiger partial charge in [-0.25, -0.2) is 4.98 Å². The van der Waals surface area contributed by atoms with E-state index >= 15 is 0 Å². The van der Waals surface area contributed by atoms with E-state index in [1.54, 1.807) is 35.5 Å². The molecule has 0 saturated heterocycles. The lowest BCUT2D eigenvalue weighted by Crippen LogP contribution is -2.30. The molecule has 7 heteroatoms. The summed E-state index contributed by atoms with van der Waals surface area (Å²) in [7, 11) is 1.53. The topological polar surface area (TPSA) is 55.3 Å². The highest BCUT2D eigenvalue weighted by molar-refractivity contribution is 7.22. The molecule has 29 heavy (non-hydrogen) atoms. The summed E-state index contributed by atoms with van der Waals surface area (Å²) in [6, 6.07) is 14.8. The molecule has 4 rings (SSSR count). The van der Waals surface area contributed by atoms with Crippen LogP contribution in [0.5, 0.6) is 5.75 Å². The lowest BCUT2D eigenvalue weighted by atomic mass is 10.1. The number of rotatable bonds is 5. The lowest BCUT2D eigenvalue weighted by molar-refractivity contribution is 0.0982. The monoisotopic (exact) mass is 423 g/mol. The third-order valence-corrected chi connectivity index (χ3v) is 5.74. The summed E-state index contributed by atoms with van der Waals surface area (Å²) in [4.78, 5) is 24.1. The number of benzene rings is 2. The fourth-order valence-electron chi connectivity index (χ4n) is 3.03. The van der Waals surface area contributed by atoms with E-state index in [1.165, 1.54) is 18.4 Å². The predicted octanol–water partition coefficient (Wildman–Crippen LogP) is 5.51. The van der Waals surface area contributed by atoms with Gasteiger partial charge >= 0.3 is 0 Å². The van der Waals surface area contributed by atoms with Crippen molar-refractivity contribution < 1.29 is 9.53 Å². The molecule has 4 aromatic rings. The molecule has 0 aliphatic carbocycles. The van der Waals surface area contributed by atoms with E-state index in [0.29, 0.717) is 28.0 Å². The number of hydrogen-bond donors (Lipinski definition) is 0. The summed E-state index contributed by atoms with van der Waals surface area (Å²) in [6.07, 6.45) is 3.45. The molecule has 0 saturated carbocycles. The number of pyridine rings is 1. The third-order valence-electron chi connectivity index (χ3n) is 4.46. The summed E-state index contributed by atoms with van der Waals surface area (Å²) >= 11 is 7.64. The van der Waals surface area contributed by atoms with Crippen molar-refractivity contribution in [2.24, 2.45) is 0 Å². The first kappa shape index (κ1) is 19.4. The predicted molar refractivity (Wildman–Crippen MR) is 117 cm³/mol. The third kappa shape index (κ3) is 4.09. The lowest BCUT2D eigenvalue weighted by Gasteiger charge is -2.21. The van der Waals surface area contributed by atoms with Crippen molar-refractivity contribution in [3.05, 3.63) is 82.6 Å². The fraction of sp³-hybridized carbons (Fsp3) is 0.136. The zero-order chi connectivity index (χ0) is 20.4. The number of carbonyl (C=O) groups is 1. The molecule has 0 atom stereocenters. The molecule has 5 nitrogen and oxygen atoms in total. The molecule has 0 N–H and O–H groups in total. The first-order chi connectivity index (χ1) is 14.0. The van der Waals surface area contributed by atoms with Gasteiger partial charge in [0.05, 0.1) is 29.4 Å². The van der Waals surface area contributed by atoms with Gasteiger partial charge in [-0.2, -0.15) is 0 Å². The van der Waals surface area contributed by atoms with Crippen LogP contribution in [0.4, 0.5) is 5.13 Å². The minimum Gasteiger partial charge on any atom is -0.496 e. The molecule has 0 radical (unpaired) electrons. The van der Waals surface area contributed by atoms with Gasteiger partial charge in [-0.05, 0) is 54.4 Å². The summed E-state index contributed by atoms with van der Waals surface area (Å²) in [5, 5.41) is 1.08. The molecule has 0 fully saturated rings. The number of hydrogen-bond acceptors (Lipinski definition) is 5. The van der Waals surface area contributed by atoms with E-state index in [4.69, 9.17) is 21.3 Å². The molecule has 2 aromatic carbocycles. The fourth-order valence-corrected chi connectivity index (χ4v) is 4.26. The number of nitrogens with zero attached hydrogens (tertiary/aromatic N) is 3. The molecule has 2 aromatic heterocycles. The van der Waals surface area contributed by atoms with Crippen LogP contribution in [0, 0.1) is 6.92 Å². The Morgan fingerprint density at radius 1 is 1.21 bits per heavy atom. The van der Waals surface area contributed by atoms with Gasteiger partial charge in [-0.1, -0.05) is 35.1 Å². The second-order valence-electron chi connectivity index (χ2n) is 6.56. The van der Waals surface area contributed by atoms with Crippen LogP contribution in [-0.4, -0.2) is 23.0 Å². The quantitative estimate of drug-likeness (QED) is 0.424. The Hall–Kier alpha value is -2.96. The molecular weight excluding hydrogens is 406 g/mol. The zero-order valence-electron chi connectivity index (χ0n) is 15.9. The maximum atomic E-state index is 13.6. The number of anilines is 1. The van der Waals surface area contributed by atoms with Crippen molar-refractivity contribution in [1.82, 2.24) is 9.97 Å². The van der Waals surface area contributed by atoms with Gasteiger partial charge in [0.25, 0.3) is 5.91 Å². The molecule has 0 aliphatic rings. The molecule has 1 amide bonds. The van der Waals surface area contributed by atoms with E-state index < -0.39 is 0 Å². The van der Waals surface area contributed by atoms with Crippen LogP contribution in [-0.2, 0) is 6.54 Å². The van der Waals surface area contributed by atoms with Gasteiger partial charge in [-0.3, -0.25) is 14.7 Å². The molecule has 0 unspecified atom stereocenters. The Morgan fingerprint density at radius 2 is 2.07 bits per heavy atom. The number of amides is 1. The second kappa shape index (κ2) is 8.19. The maximum Gasteiger partial charge on any atom is 0.264 e. The summed E-state index contributed by atoms with van der Waals surface area (Å²) in [5.41, 5.74) is 3.30. The number of ether oxygens (including phenoxy) is 1. The van der Waals surface area contributed by atoms with Crippen LogP contribution in [0.3, 0.4) is 0 Å². The minimum atomic E-state index is -0.232. The number of aromatic nitrogens is 2. The first-order valence-electron chi connectivity index (χ1n) is 8.96. The van der Waals surface area contributed by atoms with E-state index in [2.05, 4.69) is 11.1 Å². The highest BCUT2D eigenvalue weighted by atomic mass is 35.5. The van der Waals surface area contributed by atoms with Gasteiger partial charge in [0, 0.05) is 17.4 Å². The highest BCUT2D eigenvalue weighted by Crippen LogP contribution is 2.33. The Morgan fingerprint density at radius 3 is 2.83 bits per heavy atom. The average Bonchev–Trinajstić information content (AvgIpc) is 3.15. The summed E-state index contributed by atoms with van der Waals surface area (Å²) in [5.74, 6) is 0.233. The summed E-state index contributed by atoms with van der Waals surface area (Å²) < 4.78 is 6.43. The van der Waals surface area contributed by atoms with Crippen molar-refractivity contribution in [3.63, 3.8) is 0 Å². The second-order valence-corrected chi connectivity index (χ2v) is 8.01. The van der Waals surface area contributed by atoms with Crippen LogP contribution in [0.25, 0.3) is 10.2 Å². The Balaban J connectivity index is 1.81. The van der Waals surface area contributed by atoms with Gasteiger partial charge in [0.15, 0.2) is 5.13 Å².